The number of nitrogens with zero attached hydrogens (tertiary/aromatic N) is 1. The van der Waals surface area contributed by atoms with E-state index in [1.165, 1.54) is 0 Å². The molecule has 0 aromatic heterocycles. The number of likely N-dealkylation sites (tertiary alicyclic amines) is 1. The molecule has 0 aliphatic carbocycles. The fourth-order valence-electron chi connectivity index (χ4n) is 1.14. The van der Waals surface area contributed by atoms with Crippen LogP contribution in [0.2, 0.25) is 0 Å². The van der Waals surface area contributed by atoms with Gasteiger partial charge in [-0.25, -0.2) is 0 Å². The van der Waals surface area contributed by atoms with Crippen LogP contribution in [0.1, 0.15) is 13.8 Å². The first-order valence-corrected chi connectivity index (χ1v) is 3.09. The third-order valence-electron chi connectivity index (χ3n) is 1.58. The second kappa shape index (κ2) is 1.71. The Morgan fingerprint density at radius 3 is 2.25 bits per heavy atom. The molecule has 1 rings (SSSR count). The molecule has 1 heterocycles. The molecule has 0 radical (unpaired) electrons. The summed E-state index contributed by atoms with van der Waals surface area (Å²) in [6.07, 6.45) is 0. The van der Waals surface area contributed by atoms with Crippen molar-refractivity contribution in [1.82, 2.24) is 4.90 Å². The SMILES string of the molecule is CCN1CC(C)(O)C1. The highest BCUT2D eigenvalue weighted by Crippen LogP contribution is 2.18. The molecule has 0 amide bonds. The standard InChI is InChI=1S/C6H13NO/c1-3-7-4-6(2,8)5-7/h8H,3-5H2,1-2H3. The molecule has 0 atom stereocenters. The lowest BCUT2D eigenvalue weighted by molar-refractivity contribution is -0.0806. The molecule has 0 aromatic carbocycles. The van der Waals surface area contributed by atoms with Gasteiger partial charge in [-0.2, -0.15) is 0 Å². The molecule has 2 nitrogen and oxygen atoms in total. The van der Waals surface area contributed by atoms with Gasteiger partial charge in [0.1, 0.15) is 0 Å². The quantitative estimate of drug-likeness (QED) is 0.523. The Kier molecular flexibility index (Phi) is 1.29. The first-order valence-electron chi connectivity index (χ1n) is 3.09. The van der Waals surface area contributed by atoms with Crippen LogP contribution >= 0.6 is 0 Å². The first kappa shape index (κ1) is 6.05. The summed E-state index contributed by atoms with van der Waals surface area (Å²) in [7, 11) is 0. The lowest BCUT2D eigenvalue weighted by Crippen LogP contribution is -2.59. The van der Waals surface area contributed by atoms with Gasteiger partial charge in [-0.15, -0.1) is 0 Å². The molecule has 1 aliphatic heterocycles. The van der Waals surface area contributed by atoms with Gasteiger partial charge in [0.2, 0.25) is 0 Å². The summed E-state index contributed by atoms with van der Waals surface area (Å²) >= 11 is 0. The maximum Gasteiger partial charge on any atom is 0.0872 e. The van der Waals surface area contributed by atoms with Crippen LogP contribution in [0.5, 0.6) is 0 Å². The van der Waals surface area contributed by atoms with E-state index in [9.17, 15) is 5.11 Å². The molecule has 1 N–H and O–H groups in total. The molecule has 0 bridgehead atoms. The average molecular weight is 115 g/mol. The predicted octanol–water partition coefficient (Wildman–Crippen LogP) is 0.0729. The monoisotopic (exact) mass is 115 g/mol. The maximum absolute atomic E-state index is 9.17. The zero-order chi connectivity index (χ0) is 6.20. The van der Waals surface area contributed by atoms with Crippen molar-refractivity contribution in [1.29, 1.82) is 0 Å². The number of hydrogen-bond donors (Lipinski definition) is 1. The predicted molar refractivity (Wildman–Crippen MR) is 32.7 cm³/mol. The summed E-state index contributed by atoms with van der Waals surface area (Å²) in [5.41, 5.74) is -0.379. The minimum atomic E-state index is -0.379. The second-order valence-corrected chi connectivity index (χ2v) is 2.80. The van der Waals surface area contributed by atoms with Crippen molar-refractivity contribution in [2.24, 2.45) is 0 Å². The van der Waals surface area contributed by atoms with Gasteiger partial charge in [-0.1, -0.05) is 6.92 Å². The van der Waals surface area contributed by atoms with Crippen LogP contribution in [0.25, 0.3) is 0 Å². The zero-order valence-electron chi connectivity index (χ0n) is 5.52. The van der Waals surface area contributed by atoms with E-state index in [2.05, 4.69) is 11.8 Å². The number of rotatable bonds is 1. The molecule has 1 aliphatic rings. The van der Waals surface area contributed by atoms with Crippen molar-refractivity contribution in [2.75, 3.05) is 19.6 Å². The highest BCUT2D eigenvalue weighted by molar-refractivity contribution is 4.90. The van der Waals surface area contributed by atoms with E-state index in [-0.39, 0.29) is 5.60 Å². The smallest absolute Gasteiger partial charge is 0.0872 e. The van der Waals surface area contributed by atoms with Crippen molar-refractivity contribution in [3.05, 3.63) is 0 Å². The van der Waals surface area contributed by atoms with Gasteiger partial charge in [0, 0.05) is 13.1 Å². The van der Waals surface area contributed by atoms with Gasteiger partial charge >= 0.3 is 0 Å². The van der Waals surface area contributed by atoms with Crippen LogP contribution in [0.3, 0.4) is 0 Å². The van der Waals surface area contributed by atoms with Crippen LogP contribution in [-0.4, -0.2) is 35.2 Å². The van der Waals surface area contributed by atoms with Crippen LogP contribution in [0.15, 0.2) is 0 Å². The summed E-state index contributed by atoms with van der Waals surface area (Å²) in [4.78, 5) is 2.21. The largest absolute Gasteiger partial charge is 0.388 e. The highest BCUT2D eigenvalue weighted by atomic mass is 16.3. The molecular formula is C6H13NO. The van der Waals surface area contributed by atoms with E-state index in [0.29, 0.717) is 0 Å². The summed E-state index contributed by atoms with van der Waals surface area (Å²) in [6, 6.07) is 0. The second-order valence-electron chi connectivity index (χ2n) is 2.80. The molecule has 1 saturated heterocycles. The van der Waals surface area contributed by atoms with E-state index < -0.39 is 0 Å². The Bertz CT molecular complexity index is 82.5. The normalized spacial score (nSPS) is 27.4. The molecule has 8 heavy (non-hydrogen) atoms. The number of hydrogen-bond acceptors (Lipinski definition) is 2. The zero-order valence-corrected chi connectivity index (χ0v) is 5.52. The molecular weight excluding hydrogens is 102 g/mol. The number of β-amino-alcohol motifs (C(OH)–C–C–N with tert-alkyl or cyclic N) is 1. The Morgan fingerprint density at radius 1 is 1.62 bits per heavy atom. The summed E-state index contributed by atoms with van der Waals surface area (Å²) in [5, 5.41) is 9.17. The Labute approximate surface area is 50.1 Å². The fraction of sp³-hybridized carbons (Fsp3) is 1.00. The van der Waals surface area contributed by atoms with Crippen molar-refractivity contribution in [3.8, 4) is 0 Å². The summed E-state index contributed by atoms with van der Waals surface area (Å²) < 4.78 is 0. The van der Waals surface area contributed by atoms with Crippen LogP contribution < -0.4 is 0 Å². The molecule has 48 valence electrons. The Hall–Kier alpha value is -0.0800. The third kappa shape index (κ3) is 1.01. The Balaban J connectivity index is 2.21. The minimum absolute atomic E-state index is 0.379. The topological polar surface area (TPSA) is 23.5 Å². The summed E-state index contributed by atoms with van der Waals surface area (Å²) in [5.74, 6) is 0. The van der Waals surface area contributed by atoms with Crippen molar-refractivity contribution in [2.45, 2.75) is 19.4 Å². The molecule has 2 heteroatoms. The first-order chi connectivity index (χ1) is 3.64. The molecule has 0 spiro atoms. The van der Waals surface area contributed by atoms with Gasteiger partial charge in [0.15, 0.2) is 0 Å². The van der Waals surface area contributed by atoms with Crippen LogP contribution in [0.4, 0.5) is 0 Å². The fourth-order valence-corrected chi connectivity index (χ4v) is 1.14. The highest BCUT2D eigenvalue weighted by Gasteiger charge is 2.34. The molecule has 0 saturated carbocycles. The molecule has 0 aromatic rings. The van der Waals surface area contributed by atoms with E-state index in [4.69, 9.17) is 0 Å². The number of aliphatic hydroxyl groups is 1. The molecule has 1 fully saturated rings. The Morgan fingerprint density at radius 2 is 2.12 bits per heavy atom. The lowest BCUT2D eigenvalue weighted by atomic mass is 9.97. The number of likely N-dealkylation sites (N-methyl/N-ethyl adjacent to an activating group) is 1. The van der Waals surface area contributed by atoms with Gasteiger partial charge in [-0.3, -0.25) is 4.90 Å². The maximum atomic E-state index is 9.17. The van der Waals surface area contributed by atoms with Crippen LogP contribution in [-0.2, 0) is 0 Å². The van der Waals surface area contributed by atoms with Crippen molar-refractivity contribution < 1.29 is 5.11 Å². The summed E-state index contributed by atoms with van der Waals surface area (Å²) in [6.45, 7) is 6.75. The average Bonchev–Trinajstić information content (AvgIpc) is 1.60. The van der Waals surface area contributed by atoms with Crippen molar-refractivity contribution in [3.63, 3.8) is 0 Å². The van der Waals surface area contributed by atoms with Gasteiger partial charge in [-0.05, 0) is 13.5 Å². The molecule has 0 unspecified atom stereocenters. The minimum Gasteiger partial charge on any atom is -0.388 e. The van der Waals surface area contributed by atoms with E-state index in [1.54, 1.807) is 0 Å². The van der Waals surface area contributed by atoms with E-state index in [1.807, 2.05) is 6.92 Å². The van der Waals surface area contributed by atoms with Gasteiger partial charge < -0.3 is 5.11 Å². The van der Waals surface area contributed by atoms with Crippen LogP contribution in [0, 0.1) is 0 Å². The van der Waals surface area contributed by atoms with Gasteiger partial charge in [0.05, 0.1) is 5.60 Å². The van der Waals surface area contributed by atoms with Crippen molar-refractivity contribution >= 4 is 0 Å². The lowest BCUT2D eigenvalue weighted by Gasteiger charge is -2.43. The van der Waals surface area contributed by atoms with Gasteiger partial charge in [0.25, 0.3) is 0 Å². The third-order valence-corrected chi connectivity index (χ3v) is 1.58. The van der Waals surface area contributed by atoms with E-state index >= 15 is 0 Å². The van der Waals surface area contributed by atoms with E-state index in [0.717, 1.165) is 19.6 Å².